The average molecular weight is 302 g/mol. The zero-order chi connectivity index (χ0) is 15.9. The van der Waals surface area contributed by atoms with Crippen LogP contribution < -0.4 is 15.2 Å². The largest absolute Gasteiger partial charge is 0.497 e. The van der Waals surface area contributed by atoms with Gasteiger partial charge in [0.05, 0.1) is 12.0 Å². The number of rotatable bonds is 7. The van der Waals surface area contributed by atoms with Gasteiger partial charge in [0.15, 0.2) is 0 Å². The maximum atomic E-state index is 10.8. The summed E-state index contributed by atoms with van der Waals surface area (Å²) in [6.07, 6.45) is 0.226. The van der Waals surface area contributed by atoms with Gasteiger partial charge < -0.3 is 15.2 Å². The van der Waals surface area contributed by atoms with E-state index in [1.807, 2.05) is 24.3 Å². The van der Waals surface area contributed by atoms with Crippen LogP contribution in [0.4, 0.5) is 5.69 Å². The van der Waals surface area contributed by atoms with Crippen molar-refractivity contribution in [2.45, 2.75) is 12.5 Å². The molecule has 0 fully saturated rings. The molecule has 0 saturated carbocycles. The molecule has 0 amide bonds. The highest BCUT2D eigenvalue weighted by Gasteiger charge is 2.13. The Labute approximate surface area is 128 Å². The number of benzene rings is 2. The highest BCUT2D eigenvalue weighted by molar-refractivity contribution is 5.35. The van der Waals surface area contributed by atoms with E-state index in [9.17, 15) is 10.1 Å². The summed E-state index contributed by atoms with van der Waals surface area (Å²) in [6, 6.07) is 13.7. The van der Waals surface area contributed by atoms with Gasteiger partial charge in [0, 0.05) is 31.2 Å². The number of nitro groups is 1. The monoisotopic (exact) mass is 302 g/mol. The summed E-state index contributed by atoms with van der Waals surface area (Å²) in [5, 5.41) is 10.8. The van der Waals surface area contributed by atoms with E-state index < -0.39 is 4.92 Å². The van der Waals surface area contributed by atoms with Crippen LogP contribution in [0.3, 0.4) is 0 Å². The lowest BCUT2D eigenvalue weighted by molar-refractivity contribution is -0.384. The number of nitro benzene ring substituents is 1. The second-order valence-corrected chi connectivity index (χ2v) is 4.79. The third kappa shape index (κ3) is 4.20. The Balaban J connectivity index is 2.08. The van der Waals surface area contributed by atoms with Gasteiger partial charge in [0.25, 0.3) is 5.69 Å². The van der Waals surface area contributed by atoms with E-state index in [4.69, 9.17) is 15.2 Å². The van der Waals surface area contributed by atoms with Crippen LogP contribution in [0.2, 0.25) is 0 Å². The number of methoxy groups -OCH3 is 1. The molecule has 22 heavy (non-hydrogen) atoms. The van der Waals surface area contributed by atoms with Crippen molar-refractivity contribution in [1.82, 2.24) is 0 Å². The third-order valence-corrected chi connectivity index (χ3v) is 3.19. The molecule has 0 saturated heterocycles. The Hall–Kier alpha value is -2.60. The molecule has 1 atom stereocenters. The fraction of sp³-hybridized carbons (Fsp3) is 0.250. The van der Waals surface area contributed by atoms with E-state index in [1.54, 1.807) is 19.2 Å². The second kappa shape index (κ2) is 7.42. The minimum atomic E-state index is -0.413. The lowest BCUT2D eigenvalue weighted by Crippen LogP contribution is -2.29. The summed E-state index contributed by atoms with van der Waals surface area (Å²) in [4.78, 5) is 10.4. The number of nitrogens with zero attached hydrogens (tertiary/aromatic N) is 1. The summed E-state index contributed by atoms with van der Waals surface area (Å²) >= 11 is 0. The molecule has 116 valence electrons. The number of ether oxygens (including phenoxy) is 2. The molecule has 2 N–H and O–H groups in total. The van der Waals surface area contributed by atoms with Gasteiger partial charge in [-0.2, -0.15) is 0 Å². The lowest BCUT2D eigenvalue weighted by Gasteiger charge is -2.18. The molecule has 2 aromatic carbocycles. The smallest absolute Gasteiger partial charge is 0.269 e. The molecule has 6 nitrogen and oxygen atoms in total. The summed E-state index contributed by atoms with van der Waals surface area (Å²) in [5.74, 6) is 1.35. The van der Waals surface area contributed by atoms with Crippen molar-refractivity contribution in [3.8, 4) is 11.5 Å². The summed E-state index contributed by atoms with van der Waals surface area (Å²) < 4.78 is 11.0. The molecule has 0 aliphatic heterocycles. The van der Waals surface area contributed by atoms with Crippen molar-refractivity contribution in [3.63, 3.8) is 0 Å². The zero-order valence-electron chi connectivity index (χ0n) is 12.3. The molecular weight excluding hydrogens is 284 g/mol. The zero-order valence-corrected chi connectivity index (χ0v) is 12.3. The topological polar surface area (TPSA) is 87.6 Å². The number of hydrogen-bond acceptors (Lipinski definition) is 5. The Morgan fingerprint density at radius 1 is 1.18 bits per heavy atom. The molecule has 0 aromatic heterocycles. The van der Waals surface area contributed by atoms with Crippen molar-refractivity contribution in [3.05, 3.63) is 64.2 Å². The Morgan fingerprint density at radius 3 is 2.59 bits per heavy atom. The highest BCUT2D eigenvalue weighted by Crippen LogP contribution is 2.21. The van der Waals surface area contributed by atoms with Crippen LogP contribution in [0.5, 0.6) is 11.5 Å². The molecule has 2 aromatic rings. The van der Waals surface area contributed by atoms with E-state index in [2.05, 4.69) is 0 Å². The van der Waals surface area contributed by atoms with E-state index in [0.29, 0.717) is 24.5 Å². The fourth-order valence-electron chi connectivity index (χ4n) is 2.10. The maximum Gasteiger partial charge on any atom is 0.269 e. The van der Waals surface area contributed by atoms with Crippen molar-refractivity contribution in [2.24, 2.45) is 5.73 Å². The van der Waals surface area contributed by atoms with Gasteiger partial charge >= 0.3 is 0 Å². The molecular formula is C16H18N2O4. The molecule has 0 heterocycles. The van der Waals surface area contributed by atoms with Crippen molar-refractivity contribution < 1.29 is 14.4 Å². The molecule has 0 aliphatic carbocycles. The number of non-ortho nitro benzene ring substituents is 1. The quantitative estimate of drug-likeness (QED) is 0.627. The van der Waals surface area contributed by atoms with Crippen LogP contribution in [0.25, 0.3) is 0 Å². The first-order chi connectivity index (χ1) is 10.6. The van der Waals surface area contributed by atoms with Gasteiger partial charge in [-0.1, -0.05) is 18.2 Å². The van der Waals surface area contributed by atoms with E-state index in [0.717, 1.165) is 5.56 Å². The third-order valence-electron chi connectivity index (χ3n) is 3.19. The molecule has 0 spiro atoms. The normalized spacial score (nSPS) is 11.7. The highest BCUT2D eigenvalue weighted by atomic mass is 16.6. The average Bonchev–Trinajstić information content (AvgIpc) is 2.54. The Kier molecular flexibility index (Phi) is 5.32. The van der Waals surface area contributed by atoms with Gasteiger partial charge in [-0.3, -0.25) is 10.1 Å². The molecule has 6 heteroatoms. The lowest BCUT2D eigenvalue weighted by atomic mass is 10.1. The van der Waals surface area contributed by atoms with Gasteiger partial charge in [-0.15, -0.1) is 0 Å². The van der Waals surface area contributed by atoms with Crippen molar-refractivity contribution in [2.75, 3.05) is 13.7 Å². The van der Waals surface area contributed by atoms with E-state index in [-0.39, 0.29) is 11.8 Å². The maximum absolute atomic E-state index is 10.8. The van der Waals surface area contributed by atoms with Crippen LogP contribution in [0.1, 0.15) is 5.56 Å². The van der Waals surface area contributed by atoms with Crippen molar-refractivity contribution >= 4 is 5.69 Å². The van der Waals surface area contributed by atoms with Crippen LogP contribution in [-0.4, -0.2) is 24.7 Å². The minimum Gasteiger partial charge on any atom is -0.497 e. The predicted molar refractivity (Wildman–Crippen MR) is 83.3 cm³/mol. The van der Waals surface area contributed by atoms with Crippen LogP contribution >= 0.6 is 0 Å². The minimum absolute atomic E-state index is 0.0645. The molecule has 0 radical (unpaired) electrons. The SMILES string of the molecule is COc1cccc(OC(CN)Cc2cccc([N+](=O)[O-])c2)c1. The van der Waals surface area contributed by atoms with Gasteiger partial charge in [-0.05, 0) is 17.7 Å². The van der Waals surface area contributed by atoms with E-state index in [1.165, 1.54) is 12.1 Å². The second-order valence-electron chi connectivity index (χ2n) is 4.79. The first-order valence-corrected chi connectivity index (χ1v) is 6.86. The summed E-state index contributed by atoms with van der Waals surface area (Å²) in [7, 11) is 1.59. The summed E-state index contributed by atoms with van der Waals surface area (Å²) in [5.41, 5.74) is 6.62. The number of hydrogen-bond donors (Lipinski definition) is 1. The first kappa shape index (κ1) is 15.8. The van der Waals surface area contributed by atoms with Crippen LogP contribution in [0.15, 0.2) is 48.5 Å². The molecule has 0 bridgehead atoms. The molecule has 1 unspecified atom stereocenters. The van der Waals surface area contributed by atoms with Crippen LogP contribution in [-0.2, 0) is 6.42 Å². The number of nitrogens with two attached hydrogens (primary N) is 1. The first-order valence-electron chi connectivity index (χ1n) is 6.86. The Bertz CT molecular complexity index is 646. The standard InChI is InChI=1S/C16H18N2O4/c1-21-14-6-3-7-15(10-14)22-16(11-17)9-12-4-2-5-13(8-12)18(19)20/h2-8,10,16H,9,11,17H2,1H3. The summed E-state index contributed by atoms with van der Waals surface area (Å²) in [6.45, 7) is 0.305. The molecule has 2 rings (SSSR count). The molecule has 0 aliphatic rings. The predicted octanol–water partition coefficient (Wildman–Crippen LogP) is 2.55. The van der Waals surface area contributed by atoms with Crippen molar-refractivity contribution in [1.29, 1.82) is 0 Å². The van der Waals surface area contributed by atoms with Gasteiger partial charge in [0.2, 0.25) is 0 Å². The van der Waals surface area contributed by atoms with E-state index >= 15 is 0 Å². The van der Waals surface area contributed by atoms with Gasteiger partial charge in [0.1, 0.15) is 17.6 Å². The van der Waals surface area contributed by atoms with Gasteiger partial charge in [-0.25, -0.2) is 0 Å². The van der Waals surface area contributed by atoms with Crippen LogP contribution in [0, 0.1) is 10.1 Å². The Morgan fingerprint density at radius 2 is 1.91 bits per heavy atom. The fourth-order valence-corrected chi connectivity index (χ4v) is 2.10.